The average Bonchev–Trinajstić information content (AvgIpc) is 2.53. The van der Waals surface area contributed by atoms with Crippen LogP contribution in [0.4, 0.5) is 0 Å². The van der Waals surface area contributed by atoms with E-state index in [1.807, 2.05) is 24.5 Å². The molecule has 0 aliphatic heterocycles. The average molecular weight is 264 g/mol. The number of nitrogens with zero attached hydrogens (tertiary/aromatic N) is 1. The van der Waals surface area contributed by atoms with Crippen LogP contribution in [-0.2, 0) is 6.54 Å². The van der Waals surface area contributed by atoms with E-state index in [9.17, 15) is 0 Å². The molecule has 0 amide bonds. The Kier molecular flexibility index (Phi) is 3.35. The fourth-order valence-electron chi connectivity index (χ4n) is 2.47. The molecule has 0 fully saturated rings. The molecule has 0 bridgehead atoms. The third-order valence-electron chi connectivity index (χ3n) is 3.49. The summed E-state index contributed by atoms with van der Waals surface area (Å²) in [6.07, 6.45) is 3.71. The van der Waals surface area contributed by atoms with Gasteiger partial charge in [0.2, 0.25) is 0 Å². The summed E-state index contributed by atoms with van der Waals surface area (Å²) < 4.78 is 5.32. The van der Waals surface area contributed by atoms with Gasteiger partial charge in [0.25, 0.3) is 0 Å². The zero-order valence-corrected chi connectivity index (χ0v) is 11.3. The number of fused-ring (bicyclic) bond motifs is 1. The van der Waals surface area contributed by atoms with E-state index in [-0.39, 0.29) is 0 Å². The highest BCUT2D eigenvalue weighted by Crippen LogP contribution is 2.31. The van der Waals surface area contributed by atoms with Crippen molar-refractivity contribution in [3.63, 3.8) is 0 Å². The van der Waals surface area contributed by atoms with Crippen LogP contribution in [0.1, 0.15) is 5.56 Å². The summed E-state index contributed by atoms with van der Waals surface area (Å²) in [6, 6.07) is 14.4. The monoisotopic (exact) mass is 264 g/mol. The van der Waals surface area contributed by atoms with Crippen LogP contribution in [-0.4, -0.2) is 12.1 Å². The van der Waals surface area contributed by atoms with E-state index in [1.54, 1.807) is 7.11 Å². The van der Waals surface area contributed by atoms with Gasteiger partial charge in [0.15, 0.2) is 0 Å². The van der Waals surface area contributed by atoms with Crippen LogP contribution < -0.4 is 10.5 Å². The Morgan fingerprint density at radius 1 is 1.15 bits per heavy atom. The second kappa shape index (κ2) is 5.31. The van der Waals surface area contributed by atoms with Gasteiger partial charge >= 0.3 is 0 Å². The van der Waals surface area contributed by atoms with Gasteiger partial charge < -0.3 is 10.5 Å². The number of pyridine rings is 1. The highest BCUT2D eigenvalue weighted by atomic mass is 16.5. The Morgan fingerprint density at radius 2 is 2.05 bits per heavy atom. The summed E-state index contributed by atoms with van der Waals surface area (Å²) in [6.45, 7) is 0.458. The summed E-state index contributed by atoms with van der Waals surface area (Å²) in [5.41, 5.74) is 9.09. The zero-order valence-electron chi connectivity index (χ0n) is 11.3. The van der Waals surface area contributed by atoms with Crippen molar-refractivity contribution in [1.29, 1.82) is 0 Å². The lowest BCUT2D eigenvalue weighted by Gasteiger charge is -2.11. The minimum atomic E-state index is 0.458. The Morgan fingerprint density at radius 3 is 2.85 bits per heavy atom. The zero-order chi connectivity index (χ0) is 13.9. The Hall–Kier alpha value is -2.39. The molecule has 0 aliphatic rings. The molecule has 0 aliphatic carbocycles. The molecule has 1 heterocycles. The van der Waals surface area contributed by atoms with Crippen LogP contribution in [0, 0.1) is 0 Å². The van der Waals surface area contributed by atoms with Gasteiger partial charge in [-0.2, -0.15) is 0 Å². The Bertz CT molecular complexity index is 748. The lowest BCUT2D eigenvalue weighted by Crippen LogP contribution is -2.00. The minimum absolute atomic E-state index is 0.458. The number of rotatable bonds is 3. The number of methoxy groups -OCH3 is 1. The summed E-state index contributed by atoms with van der Waals surface area (Å²) in [4.78, 5) is 4.23. The maximum absolute atomic E-state index is 5.79. The first-order chi connectivity index (χ1) is 9.83. The first kappa shape index (κ1) is 12.6. The Balaban J connectivity index is 2.21. The molecule has 0 saturated heterocycles. The fraction of sp³-hybridized carbons (Fsp3) is 0.118. The number of ether oxygens (including phenoxy) is 1. The molecule has 0 radical (unpaired) electrons. The molecule has 2 N–H and O–H groups in total. The first-order valence-corrected chi connectivity index (χ1v) is 6.53. The van der Waals surface area contributed by atoms with Crippen LogP contribution in [0.3, 0.4) is 0 Å². The van der Waals surface area contributed by atoms with Crippen molar-refractivity contribution in [3.8, 4) is 16.9 Å². The lowest BCUT2D eigenvalue weighted by molar-refractivity contribution is 0.410. The van der Waals surface area contributed by atoms with Crippen molar-refractivity contribution in [2.45, 2.75) is 6.54 Å². The van der Waals surface area contributed by atoms with E-state index in [4.69, 9.17) is 10.5 Å². The molecular weight excluding hydrogens is 248 g/mol. The normalized spacial score (nSPS) is 10.7. The predicted octanol–water partition coefficient (Wildman–Crippen LogP) is 3.37. The molecule has 3 rings (SSSR count). The molecule has 0 atom stereocenters. The summed E-state index contributed by atoms with van der Waals surface area (Å²) in [5.74, 6) is 0.828. The molecule has 3 nitrogen and oxygen atoms in total. The number of aromatic nitrogens is 1. The molecule has 100 valence electrons. The molecule has 3 heteroatoms. The molecule has 1 aromatic heterocycles. The van der Waals surface area contributed by atoms with Crippen molar-refractivity contribution in [3.05, 3.63) is 60.4 Å². The first-order valence-electron chi connectivity index (χ1n) is 6.53. The molecule has 0 unspecified atom stereocenters. The summed E-state index contributed by atoms with van der Waals surface area (Å²) in [7, 11) is 1.66. The Labute approximate surface area is 118 Å². The van der Waals surface area contributed by atoms with Crippen LogP contribution in [0.25, 0.3) is 21.9 Å². The number of hydrogen-bond acceptors (Lipinski definition) is 3. The summed E-state index contributed by atoms with van der Waals surface area (Å²) in [5, 5.41) is 2.32. The van der Waals surface area contributed by atoms with Crippen LogP contribution in [0.5, 0.6) is 5.75 Å². The van der Waals surface area contributed by atoms with E-state index in [1.165, 1.54) is 5.39 Å². The van der Waals surface area contributed by atoms with Crippen molar-refractivity contribution in [2.24, 2.45) is 5.73 Å². The second-order valence-electron chi connectivity index (χ2n) is 4.63. The van der Waals surface area contributed by atoms with Gasteiger partial charge in [-0.05, 0) is 34.7 Å². The molecule has 20 heavy (non-hydrogen) atoms. The quantitative estimate of drug-likeness (QED) is 0.789. The summed E-state index contributed by atoms with van der Waals surface area (Å²) >= 11 is 0. The molecular formula is C17H16N2O. The highest BCUT2D eigenvalue weighted by molar-refractivity contribution is 5.96. The number of nitrogens with two attached hydrogens (primary N) is 1. The van der Waals surface area contributed by atoms with Gasteiger partial charge in [-0.15, -0.1) is 0 Å². The van der Waals surface area contributed by atoms with Gasteiger partial charge in [0.05, 0.1) is 7.11 Å². The fourth-order valence-corrected chi connectivity index (χ4v) is 2.47. The van der Waals surface area contributed by atoms with Gasteiger partial charge in [-0.1, -0.05) is 24.3 Å². The molecule has 2 aromatic carbocycles. The topological polar surface area (TPSA) is 48.1 Å². The molecule has 3 aromatic rings. The van der Waals surface area contributed by atoms with E-state index in [0.29, 0.717) is 6.54 Å². The van der Waals surface area contributed by atoms with Crippen molar-refractivity contribution >= 4 is 10.8 Å². The maximum Gasteiger partial charge on any atom is 0.123 e. The third kappa shape index (κ3) is 2.12. The van der Waals surface area contributed by atoms with Crippen LogP contribution in [0.2, 0.25) is 0 Å². The van der Waals surface area contributed by atoms with Crippen molar-refractivity contribution < 1.29 is 4.74 Å². The minimum Gasteiger partial charge on any atom is -0.496 e. The predicted molar refractivity (Wildman–Crippen MR) is 81.6 cm³/mol. The highest BCUT2D eigenvalue weighted by Gasteiger charge is 2.07. The number of benzene rings is 2. The SMILES string of the molecule is COc1ccc(-c2cccc3ccncc23)cc1CN. The van der Waals surface area contributed by atoms with E-state index < -0.39 is 0 Å². The molecule has 0 saturated carbocycles. The third-order valence-corrected chi connectivity index (χ3v) is 3.49. The van der Waals surface area contributed by atoms with Crippen LogP contribution in [0.15, 0.2) is 54.9 Å². The largest absolute Gasteiger partial charge is 0.496 e. The smallest absolute Gasteiger partial charge is 0.123 e. The maximum atomic E-state index is 5.79. The van der Waals surface area contributed by atoms with Gasteiger partial charge in [-0.25, -0.2) is 0 Å². The second-order valence-corrected chi connectivity index (χ2v) is 4.63. The van der Waals surface area contributed by atoms with Crippen LogP contribution >= 0.6 is 0 Å². The standard InChI is InChI=1S/C17H16N2O/c1-20-17-6-5-13(9-14(17)10-18)15-4-2-3-12-7-8-19-11-16(12)15/h2-9,11H,10,18H2,1H3. The van der Waals surface area contributed by atoms with E-state index in [0.717, 1.165) is 27.8 Å². The van der Waals surface area contributed by atoms with Gasteiger partial charge in [0.1, 0.15) is 5.75 Å². The van der Waals surface area contributed by atoms with Crippen molar-refractivity contribution in [2.75, 3.05) is 7.11 Å². The van der Waals surface area contributed by atoms with E-state index >= 15 is 0 Å². The molecule has 0 spiro atoms. The van der Waals surface area contributed by atoms with Gasteiger partial charge in [0, 0.05) is 29.9 Å². The lowest BCUT2D eigenvalue weighted by atomic mass is 9.98. The van der Waals surface area contributed by atoms with Gasteiger partial charge in [-0.3, -0.25) is 4.98 Å². The van der Waals surface area contributed by atoms with E-state index in [2.05, 4.69) is 35.3 Å². The van der Waals surface area contributed by atoms with Crippen molar-refractivity contribution in [1.82, 2.24) is 4.98 Å². The number of hydrogen-bond donors (Lipinski definition) is 1.